The van der Waals surface area contributed by atoms with Gasteiger partial charge in [-0.2, -0.15) is 13.2 Å². The Morgan fingerprint density at radius 2 is 1.69 bits per heavy atom. The summed E-state index contributed by atoms with van der Waals surface area (Å²) in [5.74, 6) is -5.09. The van der Waals surface area contributed by atoms with E-state index in [2.05, 4.69) is 15.0 Å². The van der Waals surface area contributed by atoms with Crippen LogP contribution in [0, 0.1) is 16.0 Å². The van der Waals surface area contributed by atoms with Gasteiger partial charge in [0, 0.05) is 36.3 Å². The third-order valence-corrected chi connectivity index (χ3v) is 7.01. The SMILES string of the molecule is COC(=O)C1C(C(F)(F)F)=NC(C)=C(C(=O)OCCOCCOc2ccc(OCC(O)CNC(C)C)cc2)C1c1cccc([N+](=O)[O-])c1. The number of methoxy groups -OCH3 is 1. The lowest BCUT2D eigenvalue weighted by Gasteiger charge is -2.32. The molecular weight excluding hydrogens is 643 g/mol. The fourth-order valence-electron chi connectivity index (χ4n) is 4.79. The van der Waals surface area contributed by atoms with Crippen LogP contribution in [-0.4, -0.2) is 92.7 Å². The van der Waals surface area contributed by atoms with Crippen LogP contribution in [-0.2, 0) is 23.8 Å². The summed E-state index contributed by atoms with van der Waals surface area (Å²) < 4.78 is 68.6. The predicted molar refractivity (Wildman–Crippen MR) is 166 cm³/mol. The summed E-state index contributed by atoms with van der Waals surface area (Å²) in [4.78, 5) is 40.1. The fraction of sp³-hybridized carbons (Fsp3) is 0.469. The first-order valence-corrected chi connectivity index (χ1v) is 14.9. The van der Waals surface area contributed by atoms with Crippen LogP contribution < -0.4 is 14.8 Å². The predicted octanol–water partition coefficient (Wildman–Crippen LogP) is 4.14. The molecule has 0 bridgehead atoms. The summed E-state index contributed by atoms with van der Waals surface area (Å²) >= 11 is 0. The van der Waals surface area contributed by atoms with Crippen LogP contribution in [0.15, 0.2) is 64.8 Å². The molecule has 0 aliphatic carbocycles. The molecule has 0 aromatic heterocycles. The van der Waals surface area contributed by atoms with Crippen molar-refractivity contribution in [2.75, 3.05) is 46.7 Å². The number of rotatable bonds is 17. The van der Waals surface area contributed by atoms with Gasteiger partial charge in [-0.3, -0.25) is 19.9 Å². The Balaban J connectivity index is 1.58. The van der Waals surface area contributed by atoms with E-state index in [1.807, 2.05) is 13.8 Å². The molecule has 3 rings (SSSR count). The largest absolute Gasteiger partial charge is 0.491 e. The van der Waals surface area contributed by atoms with E-state index in [-0.39, 0.29) is 55.9 Å². The molecular formula is C32H38F3N3O10. The number of carbonyl (C=O) groups is 2. The minimum Gasteiger partial charge on any atom is -0.491 e. The first-order valence-electron chi connectivity index (χ1n) is 14.9. The molecule has 1 aliphatic rings. The second-order valence-corrected chi connectivity index (χ2v) is 10.9. The zero-order chi connectivity index (χ0) is 35.4. The van der Waals surface area contributed by atoms with E-state index in [9.17, 15) is 38.0 Å². The zero-order valence-electron chi connectivity index (χ0n) is 26.8. The first-order chi connectivity index (χ1) is 22.7. The van der Waals surface area contributed by atoms with Gasteiger partial charge in [0.25, 0.3) is 5.69 Å². The highest BCUT2D eigenvalue weighted by atomic mass is 19.4. The molecule has 2 aromatic rings. The van der Waals surface area contributed by atoms with Crippen molar-refractivity contribution in [1.29, 1.82) is 0 Å². The number of nitrogens with one attached hydrogen (secondary N) is 1. The van der Waals surface area contributed by atoms with Crippen molar-refractivity contribution in [3.8, 4) is 11.5 Å². The fourth-order valence-corrected chi connectivity index (χ4v) is 4.79. The lowest BCUT2D eigenvalue weighted by Crippen LogP contribution is -2.43. The maximum absolute atomic E-state index is 14.0. The molecule has 1 heterocycles. The van der Waals surface area contributed by atoms with Gasteiger partial charge in [-0.15, -0.1) is 0 Å². The van der Waals surface area contributed by atoms with Crippen LogP contribution in [0.2, 0.25) is 0 Å². The molecule has 3 unspecified atom stereocenters. The number of hydrogen-bond acceptors (Lipinski definition) is 12. The summed E-state index contributed by atoms with van der Waals surface area (Å²) in [6.07, 6.45) is -5.74. The second kappa shape index (κ2) is 17.6. The minimum atomic E-state index is -5.07. The molecule has 0 fully saturated rings. The zero-order valence-corrected chi connectivity index (χ0v) is 26.8. The van der Waals surface area contributed by atoms with Crippen molar-refractivity contribution in [1.82, 2.24) is 5.32 Å². The number of hydrogen-bond donors (Lipinski definition) is 2. The third kappa shape index (κ3) is 10.7. The number of halogens is 3. The Kier molecular flexibility index (Phi) is 13.9. The molecule has 0 amide bonds. The summed E-state index contributed by atoms with van der Waals surface area (Å²) in [6.45, 7) is 5.48. The summed E-state index contributed by atoms with van der Waals surface area (Å²) in [5, 5.41) is 24.5. The van der Waals surface area contributed by atoms with Gasteiger partial charge >= 0.3 is 18.1 Å². The van der Waals surface area contributed by atoms with E-state index in [1.165, 1.54) is 12.1 Å². The van der Waals surface area contributed by atoms with Crippen LogP contribution >= 0.6 is 0 Å². The molecule has 48 heavy (non-hydrogen) atoms. The molecule has 0 saturated carbocycles. The Labute approximate surface area is 274 Å². The number of alkyl halides is 3. The van der Waals surface area contributed by atoms with Crippen LogP contribution in [0.25, 0.3) is 0 Å². The number of nitrogens with zero attached hydrogens (tertiary/aromatic N) is 2. The monoisotopic (exact) mass is 681 g/mol. The van der Waals surface area contributed by atoms with E-state index in [0.29, 0.717) is 18.0 Å². The number of non-ortho nitro benzene ring substituents is 1. The topological polar surface area (TPSA) is 168 Å². The Morgan fingerprint density at radius 1 is 1.04 bits per heavy atom. The smallest absolute Gasteiger partial charge is 0.430 e. The third-order valence-electron chi connectivity index (χ3n) is 7.01. The number of aliphatic imine (C=N–C) groups is 1. The standard InChI is InChI=1S/C32H38F3N3O10/c1-19(2)36-17-23(39)18-48-25-10-8-24(9-11-25)46-14-12-45-13-15-47-31(41)26-20(3)37-29(32(33,34)35)28(30(40)44-4)27(26)21-6-5-7-22(16-21)38(42)43/h5-11,16,19,23,27-28,36,39H,12-15,17-18H2,1-4H3. The van der Waals surface area contributed by atoms with Gasteiger partial charge in [-0.1, -0.05) is 26.0 Å². The van der Waals surface area contributed by atoms with Crippen LogP contribution in [0.4, 0.5) is 18.9 Å². The first kappa shape index (κ1) is 37.9. The molecule has 3 atom stereocenters. The average molecular weight is 682 g/mol. The quantitative estimate of drug-likeness (QED) is 0.107. The highest BCUT2D eigenvalue weighted by molar-refractivity contribution is 6.10. The van der Waals surface area contributed by atoms with Gasteiger partial charge < -0.3 is 34.1 Å². The Bertz CT molecular complexity index is 1480. The highest BCUT2D eigenvalue weighted by Crippen LogP contribution is 2.44. The normalized spacial score (nSPS) is 17.1. The summed E-state index contributed by atoms with van der Waals surface area (Å²) in [7, 11) is 0.884. The van der Waals surface area contributed by atoms with E-state index in [0.717, 1.165) is 26.2 Å². The molecule has 16 heteroatoms. The Morgan fingerprint density at radius 3 is 2.29 bits per heavy atom. The highest BCUT2D eigenvalue weighted by Gasteiger charge is 2.52. The molecule has 0 spiro atoms. The summed E-state index contributed by atoms with van der Waals surface area (Å²) in [5.41, 5.74) is -2.81. The van der Waals surface area contributed by atoms with Crippen molar-refractivity contribution >= 4 is 23.3 Å². The maximum Gasteiger partial charge on any atom is 0.430 e. The number of ether oxygens (including phenoxy) is 5. The number of aliphatic hydroxyl groups is 1. The lowest BCUT2D eigenvalue weighted by molar-refractivity contribution is -0.384. The van der Waals surface area contributed by atoms with Crippen molar-refractivity contribution in [3.63, 3.8) is 0 Å². The number of nitro benzene ring substituents is 1. The summed E-state index contributed by atoms with van der Waals surface area (Å²) in [6, 6.07) is 11.6. The van der Waals surface area contributed by atoms with Gasteiger partial charge in [0.1, 0.15) is 49.1 Å². The van der Waals surface area contributed by atoms with Crippen LogP contribution in [0.5, 0.6) is 11.5 Å². The Hall–Kier alpha value is -4.54. The number of carbonyl (C=O) groups excluding carboxylic acids is 2. The van der Waals surface area contributed by atoms with Crippen molar-refractivity contribution in [2.24, 2.45) is 10.9 Å². The van der Waals surface area contributed by atoms with Crippen molar-refractivity contribution in [2.45, 2.75) is 45.0 Å². The van der Waals surface area contributed by atoms with E-state index >= 15 is 0 Å². The van der Waals surface area contributed by atoms with Gasteiger partial charge in [-0.25, -0.2) is 4.79 Å². The average Bonchev–Trinajstić information content (AvgIpc) is 3.05. The molecule has 262 valence electrons. The number of allylic oxidation sites excluding steroid dienone is 1. The van der Waals surface area contributed by atoms with Crippen LogP contribution in [0.3, 0.4) is 0 Å². The number of benzene rings is 2. The van der Waals surface area contributed by atoms with Crippen LogP contribution in [0.1, 0.15) is 32.3 Å². The molecule has 0 radical (unpaired) electrons. The van der Waals surface area contributed by atoms with Gasteiger partial charge in [0.2, 0.25) is 0 Å². The number of esters is 2. The van der Waals surface area contributed by atoms with Gasteiger partial charge in [0.05, 0.1) is 30.8 Å². The maximum atomic E-state index is 14.0. The van der Waals surface area contributed by atoms with Gasteiger partial charge in [0.15, 0.2) is 0 Å². The number of nitro groups is 1. The lowest BCUT2D eigenvalue weighted by atomic mass is 9.75. The van der Waals surface area contributed by atoms with E-state index < -0.39 is 52.4 Å². The van der Waals surface area contributed by atoms with Crippen molar-refractivity contribution in [3.05, 3.63) is 75.5 Å². The molecule has 0 saturated heterocycles. The molecule has 1 aliphatic heterocycles. The molecule has 2 N–H and O–H groups in total. The molecule has 13 nitrogen and oxygen atoms in total. The van der Waals surface area contributed by atoms with E-state index in [1.54, 1.807) is 24.3 Å². The second-order valence-electron chi connectivity index (χ2n) is 10.9. The number of aliphatic hydroxyl groups excluding tert-OH is 1. The minimum absolute atomic E-state index is 0.0961. The molecule has 2 aromatic carbocycles. The van der Waals surface area contributed by atoms with Gasteiger partial charge in [-0.05, 0) is 36.8 Å². The van der Waals surface area contributed by atoms with Crippen molar-refractivity contribution < 1.29 is 56.5 Å². The van der Waals surface area contributed by atoms with E-state index in [4.69, 9.17) is 18.9 Å².